The summed E-state index contributed by atoms with van der Waals surface area (Å²) in [7, 11) is 0. The summed E-state index contributed by atoms with van der Waals surface area (Å²) in [5.74, 6) is 1.29. The van der Waals surface area contributed by atoms with Gasteiger partial charge in [0.25, 0.3) is 0 Å². The molecule has 3 rings (SSSR count). The highest BCUT2D eigenvalue weighted by Gasteiger charge is 2.17. The molecule has 0 radical (unpaired) electrons. The molecule has 0 aromatic heterocycles. The van der Waals surface area contributed by atoms with Crippen LogP contribution in [-0.4, -0.2) is 12.2 Å². The summed E-state index contributed by atoms with van der Waals surface area (Å²) in [5, 5.41) is 5.90. The van der Waals surface area contributed by atoms with Crippen LogP contribution in [0.4, 0.5) is 21.0 Å². The number of nitrogens with one attached hydrogen (secondary N) is 2. The predicted octanol–water partition coefficient (Wildman–Crippen LogP) is 16.8. The highest BCUT2D eigenvalue weighted by atomic mass is 16.6. The Kier molecular flexibility index (Phi) is 26.1. The molecule has 0 bridgehead atoms. The van der Waals surface area contributed by atoms with Gasteiger partial charge in [0.1, 0.15) is 11.5 Å². The zero-order chi connectivity index (χ0) is 42.3. The van der Waals surface area contributed by atoms with Gasteiger partial charge in [0.05, 0.1) is 0 Å². The minimum absolute atomic E-state index is 0.532. The van der Waals surface area contributed by atoms with Crippen LogP contribution in [0.15, 0.2) is 54.6 Å². The fourth-order valence-electron chi connectivity index (χ4n) is 8.12. The van der Waals surface area contributed by atoms with E-state index in [-0.39, 0.29) is 0 Å². The highest BCUT2D eigenvalue weighted by molar-refractivity contribution is 5.91. The first-order chi connectivity index (χ1) is 28.9. The Balaban J connectivity index is 1.68. The van der Waals surface area contributed by atoms with Crippen molar-refractivity contribution in [1.82, 2.24) is 0 Å². The Labute approximate surface area is 360 Å². The Bertz CT molecular complexity index is 1600. The minimum Gasteiger partial charge on any atom is -0.410 e. The molecule has 6 nitrogen and oxygen atoms in total. The minimum atomic E-state index is -0.537. The van der Waals surface area contributed by atoms with Crippen molar-refractivity contribution in [2.75, 3.05) is 10.6 Å². The van der Waals surface area contributed by atoms with Gasteiger partial charge >= 0.3 is 12.2 Å². The lowest BCUT2D eigenvalue weighted by atomic mass is 9.95. The van der Waals surface area contributed by atoms with Crippen molar-refractivity contribution in [3.05, 3.63) is 82.4 Å². The molecule has 0 atom stereocenters. The molecule has 0 unspecified atom stereocenters. The van der Waals surface area contributed by atoms with Gasteiger partial charge in [0.15, 0.2) is 0 Å². The summed E-state index contributed by atoms with van der Waals surface area (Å²) in [5.41, 5.74) is 6.90. The Morgan fingerprint density at radius 3 is 1.24 bits per heavy atom. The van der Waals surface area contributed by atoms with Crippen molar-refractivity contribution in [2.45, 2.75) is 214 Å². The first kappa shape index (κ1) is 49.6. The molecular formula is C53H82N2O4. The molecule has 3 aromatic rings. The van der Waals surface area contributed by atoms with Crippen molar-refractivity contribution in [1.29, 1.82) is 0 Å². The molecule has 59 heavy (non-hydrogen) atoms. The van der Waals surface area contributed by atoms with E-state index in [0.717, 1.165) is 68.1 Å². The second-order valence-corrected chi connectivity index (χ2v) is 16.9. The zero-order valence-corrected chi connectivity index (χ0v) is 38.1. The zero-order valence-electron chi connectivity index (χ0n) is 38.1. The number of hydrogen-bond donors (Lipinski definition) is 2. The van der Waals surface area contributed by atoms with Crippen LogP contribution >= 0.6 is 0 Å². The molecule has 0 saturated carbocycles. The summed E-state index contributed by atoms with van der Waals surface area (Å²) in [4.78, 5) is 26.9. The van der Waals surface area contributed by atoms with E-state index >= 15 is 0 Å². The van der Waals surface area contributed by atoms with E-state index in [1.807, 2.05) is 43.3 Å². The molecule has 0 aliphatic rings. The van der Waals surface area contributed by atoms with Crippen molar-refractivity contribution in [2.24, 2.45) is 0 Å². The first-order valence-electron chi connectivity index (χ1n) is 24.2. The molecule has 0 saturated heterocycles. The number of benzene rings is 3. The van der Waals surface area contributed by atoms with Crippen LogP contribution in [0.25, 0.3) is 0 Å². The summed E-state index contributed by atoms with van der Waals surface area (Å²) in [6.45, 7) is 10.9. The van der Waals surface area contributed by atoms with E-state index in [1.165, 1.54) is 140 Å². The van der Waals surface area contributed by atoms with Crippen LogP contribution < -0.4 is 20.1 Å². The molecule has 0 heterocycles. The van der Waals surface area contributed by atoms with Crippen molar-refractivity contribution in [3.63, 3.8) is 0 Å². The molecule has 2 amide bonds. The predicted molar refractivity (Wildman–Crippen MR) is 252 cm³/mol. The summed E-state index contributed by atoms with van der Waals surface area (Å²) in [6.07, 6.45) is 32.4. The fraction of sp³-hybridized carbons (Fsp3) is 0.623. The molecule has 0 fully saturated rings. The first-order valence-corrected chi connectivity index (χ1v) is 24.2. The van der Waals surface area contributed by atoms with E-state index in [9.17, 15) is 9.59 Å². The number of rotatable bonds is 32. The van der Waals surface area contributed by atoms with E-state index in [4.69, 9.17) is 9.47 Å². The van der Waals surface area contributed by atoms with Gasteiger partial charge < -0.3 is 9.47 Å². The fourth-order valence-corrected chi connectivity index (χ4v) is 8.12. The number of ether oxygens (including phenoxy) is 2. The second-order valence-electron chi connectivity index (χ2n) is 16.9. The van der Waals surface area contributed by atoms with Crippen molar-refractivity contribution >= 4 is 23.6 Å². The third kappa shape index (κ3) is 20.3. The second kappa shape index (κ2) is 31.1. The van der Waals surface area contributed by atoms with Gasteiger partial charge in [-0.3, -0.25) is 10.6 Å². The number of amides is 2. The lowest BCUT2D eigenvalue weighted by molar-refractivity contribution is 0.213. The van der Waals surface area contributed by atoms with Gasteiger partial charge in [-0.2, -0.15) is 0 Å². The quantitative estimate of drug-likeness (QED) is 0.0616. The van der Waals surface area contributed by atoms with Crippen LogP contribution in [0.2, 0.25) is 0 Å². The summed E-state index contributed by atoms with van der Waals surface area (Å²) in [6, 6.07) is 17.8. The molecule has 328 valence electrons. The van der Waals surface area contributed by atoms with E-state index in [1.54, 1.807) is 6.07 Å². The van der Waals surface area contributed by atoms with Crippen LogP contribution in [0.3, 0.4) is 0 Å². The largest absolute Gasteiger partial charge is 0.417 e. The lowest BCUT2D eigenvalue weighted by Gasteiger charge is -2.17. The summed E-state index contributed by atoms with van der Waals surface area (Å²) >= 11 is 0. The topological polar surface area (TPSA) is 76.7 Å². The SMILES string of the molecule is CCCCCCCCc1cccc(OC(=O)Nc2ccc(C)c(NC(=O)Oc3cccc(CCCCCCCC)c3CCCCCCCC)c2)c1CCCCCCCC. The number of carbonyl (C=O) groups is 2. The standard InChI is InChI=1S/C53H82N2O4/c1-6-10-14-18-22-26-32-44-34-30-38-50(47(44)36-28-24-20-16-12-8-3)58-52(56)54-46-41-40-43(5)49(42-46)55-53(57)59-51-39-31-35-45(33-27-23-19-15-11-7-2)48(51)37-29-25-21-17-13-9-4/h30-31,34-35,38-42H,6-29,32-33,36-37H2,1-5H3,(H,54,56)(H,55,57). The van der Waals surface area contributed by atoms with Gasteiger partial charge in [-0.1, -0.05) is 186 Å². The Morgan fingerprint density at radius 1 is 0.441 bits per heavy atom. The Hall–Kier alpha value is -3.80. The van der Waals surface area contributed by atoms with E-state index in [0.29, 0.717) is 22.9 Å². The van der Waals surface area contributed by atoms with Gasteiger partial charge in [0.2, 0.25) is 0 Å². The Morgan fingerprint density at radius 2 is 0.814 bits per heavy atom. The molecular weight excluding hydrogens is 729 g/mol. The number of carbonyl (C=O) groups excluding carboxylic acids is 2. The molecule has 6 heteroatoms. The third-order valence-corrected chi connectivity index (χ3v) is 11.7. The van der Waals surface area contributed by atoms with Gasteiger partial charge in [-0.25, -0.2) is 9.59 Å². The normalized spacial score (nSPS) is 11.1. The van der Waals surface area contributed by atoms with Crippen molar-refractivity contribution < 1.29 is 19.1 Å². The molecule has 0 spiro atoms. The average Bonchev–Trinajstić information content (AvgIpc) is 3.22. The highest BCUT2D eigenvalue weighted by Crippen LogP contribution is 2.30. The van der Waals surface area contributed by atoms with Crippen molar-refractivity contribution in [3.8, 4) is 11.5 Å². The molecule has 0 aliphatic carbocycles. The van der Waals surface area contributed by atoms with E-state index < -0.39 is 12.2 Å². The maximum atomic E-state index is 13.5. The van der Waals surface area contributed by atoms with Crippen LogP contribution in [0, 0.1) is 6.92 Å². The van der Waals surface area contributed by atoms with Crippen LogP contribution in [0.5, 0.6) is 11.5 Å². The smallest absolute Gasteiger partial charge is 0.410 e. The molecule has 0 aliphatic heterocycles. The number of hydrogen-bond acceptors (Lipinski definition) is 4. The average molecular weight is 811 g/mol. The van der Waals surface area contributed by atoms with Crippen LogP contribution in [0.1, 0.15) is 210 Å². The number of unbranched alkanes of at least 4 members (excludes halogenated alkanes) is 20. The lowest BCUT2D eigenvalue weighted by Crippen LogP contribution is -2.20. The third-order valence-electron chi connectivity index (χ3n) is 11.7. The van der Waals surface area contributed by atoms with Gasteiger partial charge in [0, 0.05) is 11.4 Å². The maximum Gasteiger partial charge on any atom is 0.417 e. The van der Waals surface area contributed by atoms with Gasteiger partial charge in [-0.05, 0) is 110 Å². The number of aryl methyl sites for hydroxylation is 3. The summed E-state index contributed by atoms with van der Waals surface area (Å²) < 4.78 is 12.1. The molecule has 2 N–H and O–H groups in total. The maximum absolute atomic E-state index is 13.5. The monoisotopic (exact) mass is 811 g/mol. The van der Waals surface area contributed by atoms with Gasteiger partial charge in [-0.15, -0.1) is 0 Å². The molecule has 3 aromatic carbocycles. The van der Waals surface area contributed by atoms with E-state index in [2.05, 4.69) is 50.5 Å². The number of anilines is 2. The van der Waals surface area contributed by atoms with Crippen LogP contribution in [-0.2, 0) is 25.7 Å².